The molecular formula is C14H12BrClN2O2. The Labute approximate surface area is 129 Å². The lowest BCUT2D eigenvalue weighted by Crippen LogP contribution is -2.23. The summed E-state index contributed by atoms with van der Waals surface area (Å²) in [6.07, 6.45) is 0. The summed E-state index contributed by atoms with van der Waals surface area (Å²) in [7, 11) is 0. The number of hydrogen-bond donors (Lipinski definition) is 2. The Morgan fingerprint density at radius 2 is 2.00 bits per heavy atom. The first-order valence-electron chi connectivity index (χ1n) is 5.85. The highest BCUT2D eigenvalue weighted by Crippen LogP contribution is 2.29. The number of pyridine rings is 1. The van der Waals surface area contributed by atoms with Gasteiger partial charge in [0, 0.05) is 15.2 Å². The van der Waals surface area contributed by atoms with Crippen LogP contribution in [-0.4, -0.2) is 10.9 Å². The Bertz CT molecular complexity index is 740. The summed E-state index contributed by atoms with van der Waals surface area (Å²) < 4.78 is 0.705. The van der Waals surface area contributed by atoms with Crippen molar-refractivity contribution < 1.29 is 4.79 Å². The van der Waals surface area contributed by atoms with Crippen LogP contribution in [0, 0.1) is 13.8 Å². The second-order valence-corrected chi connectivity index (χ2v) is 5.68. The molecular weight excluding hydrogens is 344 g/mol. The van der Waals surface area contributed by atoms with E-state index in [-0.39, 0.29) is 5.56 Å². The Balaban J connectivity index is 2.33. The molecule has 104 valence electrons. The number of rotatable bonds is 2. The van der Waals surface area contributed by atoms with Crippen LogP contribution < -0.4 is 10.9 Å². The van der Waals surface area contributed by atoms with Crippen molar-refractivity contribution in [2.24, 2.45) is 0 Å². The lowest BCUT2D eigenvalue weighted by atomic mass is 10.2. The van der Waals surface area contributed by atoms with Gasteiger partial charge in [-0.2, -0.15) is 0 Å². The van der Waals surface area contributed by atoms with Crippen LogP contribution in [0.2, 0.25) is 5.02 Å². The third-order valence-corrected chi connectivity index (χ3v) is 3.86. The van der Waals surface area contributed by atoms with E-state index in [1.807, 2.05) is 6.92 Å². The number of aromatic amines is 1. The van der Waals surface area contributed by atoms with Crippen LogP contribution in [0.5, 0.6) is 0 Å². The number of benzene rings is 1. The molecule has 0 spiro atoms. The summed E-state index contributed by atoms with van der Waals surface area (Å²) in [4.78, 5) is 26.4. The fourth-order valence-corrected chi connectivity index (χ4v) is 2.40. The van der Waals surface area contributed by atoms with Gasteiger partial charge in [-0.3, -0.25) is 9.59 Å². The maximum Gasteiger partial charge on any atom is 0.261 e. The van der Waals surface area contributed by atoms with E-state index in [9.17, 15) is 9.59 Å². The zero-order valence-corrected chi connectivity index (χ0v) is 13.2. The minimum Gasteiger partial charge on any atom is -0.326 e. The van der Waals surface area contributed by atoms with Gasteiger partial charge in [-0.25, -0.2) is 0 Å². The molecule has 0 atom stereocenters. The number of anilines is 1. The molecule has 1 aromatic heterocycles. The second-order valence-electron chi connectivity index (χ2n) is 4.42. The molecule has 0 aliphatic rings. The first-order chi connectivity index (χ1) is 9.38. The lowest BCUT2D eigenvalue weighted by molar-refractivity contribution is 0.102. The molecule has 0 saturated carbocycles. The van der Waals surface area contributed by atoms with Crippen molar-refractivity contribution in [2.45, 2.75) is 13.8 Å². The van der Waals surface area contributed by atoms with Gasteiger partial charge in [-0.1, -0.05) is 11.6 Å². The molecule has 1 heterocycles. The predicted octanol–water partition coefficient (Wildman–Crippen LogP) is 3.66. The zero-order valence-electron chi connectivity index (χ0n) is 10.9. The highest BCUT2D eigenvalue weighted by molar-refractivity contribution is 9.10. The van der Waals surface area contributed by atoms with Crippen LogP contribution >= 0.6 is 27.5 Å². The van der Waals surface area contributed by atoms with Crippen molar-refractivity contribution in [1.82, 2.24) is 4.98 Å². The molecule has 0 bridgehead atoms. The van der Waals surface area contributed by atoms with E-state index in [0.717, 1.165) is 5.56 Å². The van der Waals surface area contributed by atoms with Crippen LogP contribution in [-0.2, 0) is 0 Å². The Kier molecular flexibility index (Phi) is 4.30. The quantitative estimate of drug-likeness (QED) is 0.863. The minimum atomic E-state index is -0.480. The molecule has 20 heavy (non-hydrogen) atoms. The summed E-state index contributed by atoms with van der Waals surface area (Å²) in [5, 5.41) is 3.21. The van der Waals surface area contributed by atoms with Crippen LogP contribution in [0.25, 0.3) is 0 Å². The van der Waals surface area contributed by atoms with Gasteiger partial charge < -0.3 is 10.3 Å². The van der Waals surface area contributed by atoms with E-state index in [1.54, 1.807) is 25.1 Å². The molecule has 6 heteroatoms. The number of halogens is 2. The van der Waals surface area contributed by atoms with Gasteiger partial charge in [0.15, 0.2) is 0 Å². The van der Waals surface area contributed by atoms with E-state index < -0.39 is 11.5 Å². The van der Waals surface area contributed by atoms with Crippen molar-refractivity contribution in [2.75, 3.05) is 5.32 Å². The summed E-state index contributed by atoms with van der Waals surface area (Å²) in [5.41, 5.74) is 1.75. The van der Waals surface area contributed by atoms with Gasteiger partial charge in [0.25, 0.3) is 11.5 Å². The van der Waals surface area contributed by atoms with E-state index in [4.69, 9.17) is 11.6 Å². The average Bonchev–Trinajstić information content (AvgIpc) is 2.35. The molecule has 0 unspecified atom stereocenters. The third-order valence-electron chi connectivity index (χ3n) is 2.80. The summed E-state index contributed by atoms with van der Waals surface area (Å²) in [6.45, 7) is 3.61. The maximum absolute atomic E-state index is 12.1. The standard InChI is InChI=1S/C14H12BrClN2O2/c1-7-5-10(15)12(6-11(7)16)18-14(20)9-4-3-8(2)17-13(9)19/h3-6H,1-2H3,(H,17,19)(H,18,20). The molecule has 4 nitrogen and oxygen atoms in total. The monoisotopic (exact) mass is 354 g/mol. The van der Waals surface area contributed by atoms with Gasteiger partial charge in [0.05, 0.1) is 5.69 Å². The van der Waals surface area contributed by atoms with Crippen LogP contribution in [0.3, 0.4) is 0 Å². The largest absolute Gasteiger partial charge is 0.326 e. The second kappa shape index (κ2) is 5.81. The van der Waals surface area contributed by atoms with Crippen molar-refractivity contribution in [3.05, 3.63) is 60.9 Å². The van der Waals surface area contributed by atoms with Gasteiger partial charge in [-0.05, 0) is 59.6 Å². The number of hydrogen-bond acceptors (Lipinski definition) is 2. The van der Waals surface area contributed by atoms with E-state index in [1.165, 1.54) is 6.07 Å². The first kappa shape index (κ1) is 14.8. The van der Waals surface area contributed by atoms with Crippen molar-refractivity contribution >= 4 is 39.1 Å². The van der Waals surface area contributed by atoms with Gasteiger partial charge in [-0.15, -0.1) is 0 Å². The Morgan fingerprint density at radius 1 is 1.30 bits per heavy atom. The predicted molar refractivity (Wildman–Crippen MR) is 83.6 cm³/mol. The molecule has 2 aromatic rings. The Hall–Kier alpha value is -1.59. The molecule has 1 aromatic carbocycles. The van der Waals surface area contributed by atoms with Gasteiger partial charge in [0.1, 0.15) is 5.56 Å². The smallest absolute Gasteiger partial charge is 0.261 e. The molecule has 0 aliphatic heterocycles. The van der Waals surface area contributed by atoms with Gasteiger partial charge in [0.2, 0.25) is 0 Å². The van der Waals surface area contributed by atoms with Crippen LogP contribution in [0.15, 0.2) is 33.5 Å². The van der Waals surface area contributed by atoms with E-state index in [0.29, 0.717) is 20.9 Å². The molecule has 2 N–H and O–H groups in total. The number of carbonyl (C=O) groups is 1. The molecule has 1 amide bonds. The van der Waals surface area contributed by atoms with Crippen molar-refractivity contribution in [1.29, 1.82) is 0 Å². The summed E-state index contributed by atoms with van der Waals surface area (Å²) >= 11 is 9.38. The normalized spacial score (nSPS) is 10.4. The average molecular weight is 356 g/mol. The molecule has 2 rings (SSSR count). The highest BCUT2D eigenvalue weighted by Gasteiger charge is 2.13. The third kappa shape index (κ3) is 3.11. The van der Waals surface area contributed by atoms with Gasteiger partial charge >= 0.3 is 0 Å². The number of amides is 1. The van der Waals surface area contributed by atoms with Crippen molar-refractivity contribution in [3.8, 4) is 0 Å². The molecule has 0 fully saturated rings. The maximum atomic E-state index is 12.1. The molecule has 0 saturated heterocycles. The lowest BCUT2D eigenvalue weighted by Gasteiger charge is -2.09. The number of carbonyl (C=O) groups excluding carboxylic acids is 1. The SMILES string of the molecule is Cc1ccc(C(=O)Nc2cc(Cl)c(C)cc2Br)c(=O)[nH]1. The fraction of sp³-hybridized carbons (Fsp3) is 0.143. The fourth-order valence-electron chi connectivity index (χ4n) is 1.68. The topological polar surface area (TPSA) is 62.0 Å². The molecule has 0 radical (unpaired) electrons. The minimum absolute atomic E-state index is 0.0548. The first-order valence-corrected chi connectivity index (χ1v) is 7.02. The highest BCUT2D eigenvalue weighted by atomic mass is 79.9. The number of nitrogens with one attached hydrogen (secondary N) is 2. The number of aryl methyl sites for hydroxylation is 2. The number of H-pyrrole nitrogens is 1. The summed E-state index contributed by atoms with van der Waals surface area (Å²) in [6, 6.07) is 6.61. The van der Waals surface area contributed by atoms with Crippen LogP contribution in [0.4, 0.5) is 5.69 Å². The Morgan fingerprint density at radius 3 is 2.65 bits per heavy atom. The van der Waals surface area contributed by atoms with Crippen LogP contribution in [0.1, 0.15) is 21.6 Å². The number of aromatic nitrogens is 1. The zero-order chi connectivity index (χ0) is 14.9. The van der Waals surface area contributed by atoms with Crippen molar-refractivity contribution in [3.63, 3.8) is 0 Å². The van der Waals surface area contributed by atoms with E-state index >= 15 is 0 Å². The molecule has 0 aliphatic carbocycles. The van der Waals surface area contributed by atoms with E-state index in [2.05, 4.69) is 26.2 Å². The summed E-state index contributed by atoms with van der Waals surface area (Å²) in [5.74, 6) is -0.480.